The van der Waals surface area contributed by atoms with E-state index in [9.17, 15) is 4.79 Å². The maximum Gasteiger partial charge on any atom is 0.251 e. The number of hydrogen-bond acceptors (Lipinski definition) is 2. The molecule has 0 unspecified atom stereocenters. The summed E-state index contributed by atoms with van der Waals surface area (Å²) in [6.07, 6.45) is 5.26. The van der Waals surface area contributed by atoms with E-state index in [2.05, 4.69) is 17.4 Å². The highest BCUT2D eigenvalue weighted by atomic mass is 16.5. The van der Waals surface area contributed by atoms with E-state index in [1.54, 1.807) is 7.11 Å². The van der Waals surface area contributed by atoms with Gasteiger partial charge in [0, 0.05) is 19.2 Å². The number of hydrogen-bond donors (Lipinski definition) is 1. The fourth-order valence-corrected chi connectivity index (χ4v) is 2.53. The van der Waals surface area contributed by atoms with Crippen LogP contribution >= 0.6 is 0 Å². The van der Waals surface area contributed by atoms with Crippen LogP contribution in [0.25, 0.3) is 0 Å². The molecule has 1 fully saturated rings. The monoisotopic (exact) mass is 247 g/mol. The van der Waals surface area contributed by atoms with Crippen LogP contribution < -0.4 is 5.32 Å². The molecule has 3 heteroatoms. The highest BCUT2D eigenvalue weighted by molar-refractivity contribution is 5.94. The van der Waals surface area contributed by atoms with Crippen molar-refractivity contribution in [3.05, 3.63) is 35.4 Å². The molecular weight excluding hydrogens is 226 g/mol. The van der Waals surface area contributed by atoms with Crippen LogP contribution in [0.5, 0.6) is 0 Å². The summed E-state index contributed by atoms with van der Waals surface area (Å²) in [6, 6.07) is 8.05. The molecule has 0 aliphatic heterocycles. The zero-order chi connectivity index (χ0) is 12.8. The quantitative estimate of drug-likeness (QED) is 0.812. The van der Waals surface area contributed by atoms with Crippen LogP contribution in [-0.4, -0.2) is 26.2 Å². The molecule has 1 amide bonds. The fraction of sp³-hybridized carbons (Fsp3) is 0.533. The van der Waals surface area contributed by atoms with Crippen molar-refractivity contribution in [3.63, 3.8) is 0 Å². The van der Waals surface area contributed by atoms with Crippen LogP contribution in [0.3, 0.4) is 0 Å². The van der Waals surface area contributed by atoms with Gasteiger partial charge in [-0.15, -0.1) is 0 Å². The number of rotatable bonds is 5. The predicted octanol–water partition coefficient (Wildman–Crippen LogP) is 2.72. The molecule has 1 N–H and O–H groups in total. The molecule has 0 heterocycles. The van der Waals surface area contributed by atoms with E-state index < -0.39 is 0 Å². The molecule has 0 aromatic heterocycles. The molecule has 0 saturated heterocycles. The maximum atomic E-state index is 11.8. The number of amides is 1. The van der Waals surface area contributed by atoms with Gasteiger partial charge in [0.05, 0.1) is 6.61 Å². The van der Waals surface area contributed by atoms with Gasteiger partial charge in [0.1, 0.15) is 0 Å². The van der Waals surface area contributed by atoms with Gasteiger partial charge in [0.25, 0.3) is 5.91 Å². The third-order valence-electron chi connectivity index (χ3n) is 3.59. The van der Waals surface area contributed by atoms with E-state index in [0.29, 0.717) is 19.1 Å². The maximum absolute atomic E-state index is 11.8. The van der Waals surface area contributed by atoms with Gasteiger partial charge in [-0.05, 0) is 36.5 Å². The standard InChI is InChI=1S/C15H21NO2/c1-18-11-10-16-15(17)14-8-6-13(7-9-14)12-4-2-3-5-12/h6-9,12H,2-5,10-11H2,1H3,(H,16,17). The normalized spacial score (nSPS) is 15.8. The zero-order valence-corrected chi connectivity index (χ0v) is 10.9. The minimum Gasteiger partial charge on any atom is -0.383 e. The first kappa shape index (κ1) is 13.1. The Labute approximate surface area is 109 Å². The largest absolute Gasteiger partial charge is 0.383 e. The molecule has 1 aromatic carbocycles. The molecule has 1 aliphatic rings. The molecule has 2 rings (SSSR count). The zero-order valence-electron chi connectivity index (χ0n) is 10.9. The first-order chi connectivity index (χ1) is 8.81. The van der Waals surface area contributed by atoms with Crippen LogP contribution in [0.1, 0.15) is 47.5 Å². The number of methoxy groups -OCH3 is 1. The lowest BCUT2D eigenvalue weighted by atomic mass is 9.96. The van der Waals surface area contributed by atoms with Crippen LogP contribution in [0.15, 0.2) is 24.3 Å². The number of benzene rings is 1. The summed E-state index contributed by atoms with van der Waals surface area (Å²) in [5.74, 6) is 0.681. The molecule has 1 aliphatic carbocycles. The second-order valence-electron chi connectivity index (χ2n) is 4.85. The molecule has 18 heavy (non-hydrogen) atoms. The van der Waals surface area contributed by atoms with Crippen LogP contribution in [0, 0.1) is 0 Å². The summed E-state index contributed by atoms with van der Waals surface area (Å²) in [6.45, 7) is 1.10. The Balaban J connectivity index is 1.92. The lowest BCUT2D eigenvalue weighted by Crippen LogP contribution is -2.26. The Hall–Kier alpha value is -1.35. The Kier molecular flexibility index (Phi) is 4.76. The van der Waals surface area contributed by atoms with E-state index in [1.165, 1.54) is 31.2 Å². The number of carbonyl (C=O) groups is 1. The van der Waals surface area contributed by atoms with Crippen molar-refractivity contribution in [1.82, 2.24) is 5.32 Å². The summed E-state index contributed by atoms with van der Waals surface area (Å²) >= 11 is 0. The first-order valence-corrected chi connectivity index (χ1v) is 6.68. The Morgan fingerprint density at radius 2 is 1.94 bits per heavy atom. The van der Waals surface area contributed by atoms with Crippen molar-refractivity contribution in [3.8, 4) is 0 Å². The average molecular weight is 247 g/mol. The van der Waals surface area contributed by atoms with E-state index in [4.69, 9.17) is 4.74 Å². The lowest BCUT2D eigenvalue weighted by Gasteiger charge is -2.10. The molecule has 0 atom stereocenters. The van der Waals surface area contributed by atoms with Crippen molar-refractivity contribution in [2.75, 3.05) is 20.3 Å². The predicted molar refractivity (Wildman–Crippen MR) is 71.9 cm³/mol. The topological polar surface area (TPSA) is 38.3 Å². The molecule has 3 nitrogen and oxygen atoms in total. The van der Waals surface area contributed by atoms with Crippen LogP contribution in [-0.2, 0) is 4.74 Å². The summed E-state index contributed by atoms with van der Waals surface area (Å²) in [4.78, 5) is 11.8. The Bertz CT molecular complexity index is 380. The van der Waals surface area contributed by atoms with Crippen molar-refractivity contribution < 1.29 is 9.53 Å². The van der Waals surface area contributed by atoms with Gasteiger partial charge in [-0.1, -0.05) is 25.0 Å². The minimum atomic E-state index is -0.0231. The smallest absolute Gasteiger partial charge is 0.251 e. The van der Waals surface area contributed by atoms with Crippen LogP contribution in [0.2, 0.25) is 0 Å². The van der Waals surface area contributed by atoms with E-state index in [-0.39, 0.29) is 5.91 Å². The van der Waals surface area contributed by atoms with Crippen molar-refractivity contribution >= 4 is 5.91 Å². The SMILES string of the molecule is COCCNC(=O)c1ccc(C2CCCC2)cc1. The third-order valence-corrected chi connectivity index (χ3v) is 3.59. The van der Waals surface area contributed by atoms with Gasteiger partial charge in [-0.2, -0.15) is 0 Å². The van der Waals surface area contributed by atoms with Crippen molar-refractivity contribution in [1.29, 1.82) is 0 Å². The van der Waals surface area contributed by atoms with E-state index >= 15 is 0 Å². The first-order valence-electron chi connectivity index (χ1n) is 6.68. The molecule has 1 saturated carbocycles. The summed E-state index contributed by atoms with van der Waals surface area (Å²) in [5, 5.41) is 2.82. The molecular formula is C15H21NO2. The van der Waals surface area contributed by atoms with Crippen molar-refractivity contribution in [2.24, 2.45) is 0 Å². The fourth-order valence-electron chi connectivity index (χ4n) is 2.53. The summed E-state index contributed by atoms with van der Waals surface area (Å²) < 4.78 is 4.90. The van der Waals surface area contributed by atoms with Gasteiger partial charge < -0.3 is 10.1 Å². The van der Waals surface area contributed by atoms with Gasteiger partial charge >= 0.3 is 0 Å². The second-order valence-corrected chi connectivity index (χ2v) is 4.85. The summed E-state index contributed by atoms with van der Waals surface area (Å²) in [7, 11) is 1.63. The number of ether oxygens (including phenoxy) is 1. The second kappa shape index (κ2) is 6.55. The van der Waals surface area contributed by atoms with Gasteiger partial charge in [0.15, 0.2) is 0 Å². The molecule has 0 spiro atoms. The number of carbonyl (C=O) groups excluding carboxylic acids is 1. The highest BCUT2D eigenvalue weighted by Gasteiger charge is 2.17. The molecule has 1 aromatic rings. The third kappa shape index (κ3) is 3.33. The number of nitrogens with one attached hydrogen (secondary N) is 1. The molecule has 0 bridgehead atoms. The van der Waals surface area contributed by atoms with Gasteiger partial charge in [0.2, 0.25) is 0 Å². The Morgan fingerprint density at radius 3 is 2.56 bits per heavy atom. The van der Waals surface area contributed by atoms with Gasteiger partial charge in [-0.3, -0.25) is 4.79 Å². The van der Waals surface area contributed by atoms with Gasteiger partial charge in [-0.25, -0.2) is 0 Å². The van der Waals surface area contributed by atoms with Crippen LogP contribution in [0.4, 0.5) is 0 Å². The highest BCUT2D eigenvalue weighted by Crippen LogP contribution is 2.33. The van der Waals surface area contributed by atoms with E-state index in [1.807, 2.05) is 12.1 Å². The lowest BCUT2D eigenvalue weighted by molar-refractivity contribution is 0.0937. The average Bonchev–Trinajstić information content (AvgIpc) is 2.93. The summed E-state index contributed by atoms with van der Waals surface area (Å²) in [5.41, 5.74) is 2.11. The molecule has 98 valence electrons. The van der Waals surface area contributed by atoms with E-state index in [0.717, 1.165) is 5.56 Å². The minimum absolute atomic E-state index is 0.0231. The molecule has 0 radical (unpaired) electrons. The van der Waals surface area contributed by atoms with Crippen molar-refractivity contribution in [2.45, 2.75) is 31.6 Å². The Morgan fingerprint density at radius 1 is 1.28 bits per heavy atom.